The lowest BCUT2D eigenvalue weighted by Crippen LogP contribution is -2.21. The predicted octanol–water partition coefficient (Wildman–Crippen LogP) is 4.13. The van der Waals surface area contributed by atoms with Crippen LogP contribution in [0.3, 0.4) is 0 Å². The van der Waals surface area contributed by atoms with Gasteiger partial charge in [-0.1, -0.05) is 17.7 Å². The molecule has 26 heavy (non-hydrogen) atoms. The number of hydrogen-bond donors (Lipinski definition) is 1. The van der Waals surface area contributed by atoms with E-state index in [1.54, 1.807) is 6.92 Å². The maximum atomic E-state index is 12.4. The van der Waals surface area contributed by atoms with Gasteiger partial charge in [-0.3, -0.25) is 4.79 Å². The summed E-state index contributed by atoms with van der Waals surface area (Å²) < 4.78 is 10.7. The summed E-state index contributed by atoms with van der Waals surface area (Å²) in [6.07, 6.45) is 3.97. The summed E-state index contributed by atoms with van der Waals surface area (Å²) in [5.74, 6) is -0.00165. The molecule has 0 radical (unpaired) electrons. The van der Waals surface area contributed by atoms with Crippen molar-refractivity contribution in [2.75, 3.05) is 18.5 Å². The van der Waals surface area contributed by atoms with Gasteiger partial charge >= 0.3 is 5.97 Å². The van der Waals surface area contributed by atoms with Crippen LogP contribution in [0.5, 0.6) is 5.75 Å². The fourth-order valence-corrected chi connectivity index (χ4v) is 4.31. The molecule has 5 nitrogen and oxygen atoms in total. The van der Waals surface area contributed by atoms with Gasteiger partial charge in [0.1, 0.15) is 10.8 Å². The number of amides is 1. The second-order valence-corrected chi connectivity index (χ2v) is 7.39. The van der Waals surface area contributed by atoms with Crippen LogP contribution >= 0.6 is 11.3 Å². The summed E-state index contributed by atoms with van der Waals surface area (Å²) in [4.78, 5) is 25.9. The number of anilines is 1. The molecule has 1 N–H and O–H groups in total. The van der Waals surface area contributed by atoms with Crippen molar-refractivity contribution in [1.82, 2.24) is 0 Å². The molecule has 0 spiro atoms. The highest BCUT2D eigenvalue weighted by molar-refractivity contribution is 7.17. The molecule has 1 aliphatic rings. The molecule has 6 heteroatoms. The normalized spacial score (nSPS) is 13.0. The molecule has 0 bridgehead atoms. The van der Waals surface area contributed by atoms with Crippen LogP contribution in [-0.4, -0.2) is 25.1 Å². The van der Waals surface area contributed by atoms with E-state index in [-0.39, 0.29) is 18.5 Å². The molecule has 0 saturated heterocycles. The van der Waals surface area contributed by atoms with Gasteiger partial charge in [0, 0.05) is 4.88 Å². The third-order valence-corrected chi connectivity index (χ3v) is 5.50. The van der Waals surface area contributed by atoms with Gasteiger partial charge in [-0.2, -0.15) is 0 Å². The van der Waals surface area contributed by atoms with E-state index in [0.717, 1.165) is 36.8 Å². The Morgan fingerprint density at radius 2 is 1.88 bits per heavy atom. The minimum absolute atomic E-state index is 0.103. The Bertz CT molecular complexity index is 795. The summed E-state index contributed by atoms with van der Waals surface area (Å²) in [5.41, 5.74) is 2.69. The largest absolute Gasteiger partial charge is 0.484 e. The number of thiophene rings is 1. The van der Waals surface area contributed by atoms with Crippen molar-refractivity contribution >= 4 is 28.2 Å². The Hall–Kier alpha value is -2.34. The van der Waals surface area contributed by atoms with Crippen LogP contribution in [0.15, 0.2) is 24.3 Å². The molecule has 2 aromatic rings. The second kappa shape index (κ2) is 8.36. The highest BCUT2D eigenvalue weighted by atomic mass is 32.1. The Balaban J connectivity index is 1.71. The van der Waals surface area contributed by atoms with Gasteiger partial charge in [-0.15, -0.1) is 11.3 Å². The van der Waals surface area contributed by atoms with Gasteiger partial charge in [0.05, 0.1) is 12.2 Å². The zero-order valence-corrected chi connectivity index (χ0v) is 15.9. The minimum Gasteiger partial charge on any atom is -0.484 e. The fraction of sp³-hybridized carbons (Fsp3) is 0.400. The quantitative estimate of drug-likeness (QED) is 0.773. The monoisotopic (exact) mass is 373 g/mol. The molecule has 1 aliphatic carbocycles. The predicted molar refractivity (Wildman–Crippen MR) is 102 cm³/mol. The average Bonchev–Trinajstić information content (AvgIpc) is 2.99. The van der Waals surface area contributed by atoms with Gasteiger partial charge in [-0.05, 0) is 57.2 Å². The van der Waals surface area contributed by atoms with Crippen molar-refractivity contribution in [2.24, 2.45) is 0 Å². The third-order valence-electron chi connectivity index (χ3n) is 4.29. The van der Waals surface area contributed by atoms with E-state index >= 15 is 0 Å². The highest BCUT2D eigenvalue weighted by Crippen LogP contribution is 2.38. The average molecular weight is 373 g/mol. The number of nitrogens with one attached hydrogen (secondary N) is 1. The van der Waals surface area contributed by atoms with E-state index < -0.39 is 0 Å². The number of hydrogen-bond acceptors (Lipinski definition) is 5. The van der Waals surface area contributed by atoms with Crippen LogP contribution in [-0.2, 0) is 22.4 Å². The standard InChI is InChI=1S/C20H23NO4S/c1-3-24-20(23)18-15-6-4-5-7-16(15)26-19(18)21-17(22)12-25-14-10-8-13(2)9-11-14/h8-11H,3-7,12H2,1-2H3,(H,21,22). The summed E-state index contributed by atoms with van der Waals surface area (Å²) in [6, 6.07) is 7.52. The number of fused-ring (bicyclic) bond motifs is 1. The Labute approximate surface area is 157 Å². The highest BCUT2D eigenvalue weighted by Gasteiger charge is 2.27. The minimum atomic E-state index is -0.360. The number of ether oxygens (including phenoxy) is 2. The van der Waals surface area contributed by atoms with Crippen LogP contribution in [0.25, 0.3) is 0 Å². The van der Waals surface area contributed by atoms with Crippen molar-refractivity contribution in [3.63, 3.8) is 0 Å². The zero-order valence-electron chi connectivity index (χ0n) is 15.1. The molecule has 0 fully saturated rings. The Morgan fingerprint density at radius 1 is 1.15 bits per heavy atom. The van der Waals surface area contributed by atoms with Crippen molar-refractivity contribution < 1.29 is 19.1 Å². The zero-order chi connectivity index (χ0) is 18.5. The molecule has 0 unspecified atom stereocenters. The number of carbonyl (C=O) groups is 2. The SMILES string of the molecule is CCOC(=O)c1c(NC(=O)COc2ccc(C)cc2)sc2c1CCCC2. The molecule has 0 atom stereocenters. The van der Waals surface area contributed by atoms with E-state index in [4.69, 9.17) is 9.47 Å². The molecular formula is C20H23NO4S. The summed E-state index contributed by atoms with van der Waals surface area (Å²) in [7, 11) is 0. The topological polar surface area (TPSA) is 64.6 Å². The van der Waals surface area contributed by atoms with E-state index in [0.29, 0.717) is 22.9 Å². The Kier molecular flexibility index (Phi) is 5.93. The lowest BCUT2D eigenvalue weighted by molar-refractivity contribution is -0.118. The molecule has 1 amide bonds. The Morgan fingerprint density at radius 3 is 2.62 bits per heavy atom. The first-order chi connectivity index (χ1) is 12.6. The van der Waals surface area contributed by atoms with Crippen molar-refractivity contribution in [2.45, 2.75) is 39.5 Å². The summed E-state index contributed by atoms with van der Waals surface area (Å²) in [5, 5.41) is 3.42. The van der Waals surface area contributed by atoms with Gasteiger partial charge in [-0.25, -0.2) is 4.79 Å². The first-order valence-electron chi connectivity index (χ1n) is 8.89. The van der Waals surface area contributed by atoms with Gasteiger partial charge in [0.2, 0.25) is 0 Å². The third kappa shape index (κ3) is 4.25. The second-order valence-electron chi connectivity index (χ2n) is 6.29. The van der Waals surface area contributed by atoms with E-state index in [1.165, 1.54) is 16.2 Å². The molecule has 3 rings (SSSR count). The molecule has 1 aromatic carbocycles. The number of esters is 1. The van der Waals surface area contributed by atoms with Gasteiger partial charge in [0.25, 0.3) is 5.91 Å². The molecular weight excluding hydrogens is 350 g/mol. The van der Waals surface area contributed by atoms with Crippen LogP contribution in [0.4, 0.5) is 5.00 Å². The van der Waals surface area contributed by atoms with Gasteiger partial charge in [0.15, 0.2) is 6.61 Å². The van der Waals surface area contributed by atoms with Crippen LogP contribution in [0.2, 0.25) is 0 Å². The molecule has 1 heterocycles. The molecule has 0 aliphatic heterocycles. The van der Waals surface area contributed by atoms with Crippen molar-refractivity contribution in [3.05, 3.63) is 45.8 Å². The van der Waals surface area contributed by atoms with E-state index in [1.807, 2.05) is 31.2 Å². The number of aryl methyl sites for hydroxylation is 2. The smallest absolute Gasteiger partial charge is 0.341 e. The molecule has 0 saturated carbocycles. The van der Waals surface area contributed by atoms with Crippen LogP contribution < -0.4 is 10.1 Å². The lowest BCUT2D eigenvalue weighted by atomic mass is 9.95. The molecule has 138 valence electrons. The number of rotatable bonds is 6. The fourth-order valence-electron chi connectivity index (χ4n) is 3.02. The maximum absolute atomic E-state index is 12.4. The lowest BCUT2D eigenvalue weighted by Gasteiger charge is -2.12. The van der Waals surface area contributed by atoms with Gasteiger partial charge < -0.3 is 14.8 Å². The van der Waals surface area contributed by atoms with Crippen LogP contribution in [0.1, 0.15) is 46.1 Å². The van der Waals surface area contributed by atoms with Crippen molar-refractivity contribution in [1.29, 1.82) is 0 Å². The summed E-state index contributed by atoms with van der Waals surface area (Å²) >= 11 is 1.48. The number of carbonyl (C=O) groups excluding carboxylic acids is 2. The van der Waals surface area contributed by atoms with E-state index in [9.17, 15) is 9.59 Å². The first-order valence-corrected chi connectivity index (χ1v) is 9.71. The summed E-state index contributed by atoms with van der Waals surface area (Å²) in [6.45, 7) is 3.98. The number of benzene rings is 1. The molecule has 1 aromatic heterocycles. The van der Waals surface area contributed by atoms with E-state index in [2.05, 4.69) is 5.32 Å². The van der Waals surface area contributed by atoms with Crippen molar-refractivity contribution in [3.8, 4) is 5.75 Å². The first kappa shape index (κ1) is 18.5. The van der Waals surface area contributed by atoms with Crippen LogP contribution in [0, 0.1) is 6.92 Å². The maximum Gasteiger partial charge on any atom is 0.341 e.